The van der Waals surface area contributed by atoms with Gasteiger partial charge in [0.1, 0.15) is 0 Å². The Morgan fingerprint density at radius 1 is 0.339 bits per heavy atom. The highest BCUT2D eigenvalue weighted by Gasteiger charge is 2.36. The van der Waals surface area contributed by atoms with Gasteiger partial charge in [-0.1, -0.05) is 206 Å². The minimum absolute atomic E-state index is 0.0203. The number of para-hydroxylation sites is 1. The molecule has 0 bridgehead atoms. The first-order chi connectivity index (χ1) is 29.0. The Labute approximate surface area is 373 Å². The molecule has 0 fully saturated rings. The zero-order valence-electron chi connectivity index (χ0n) is 39.9. The normalized spacial score (nSPS) is 13.8. The second-order valence-corrected chi connectivity index (χ2v) is 22.5. The van der Waals surface area contributed by atoms with Gasteiger partial charge in [-0.2, -0.15) is 0 Å². The Bertz CT molecular complexity index is 2770. The summed E-state index contributed by atoms with van der Waals surface area (Å²) in [6.07, 6.45) is 0. The van der Waals surface area contributed by atoms with E-state index in [0.717, 1.165) is 5.69 Å². The Kier molecular flexibility index (Phi) is 10.6. The van der Waals surface area contributed by atoms with Gasteiger partial charge in [-0.15, -0.1) is 0 Å². The molecule has 0 saturated heterocycles. The zero-order valence-corrected chi connectivity index (χ0v) is 39.9. The van der Waals surface area contributed by atoms with Crippen LogP contribution in [0.2, 0.25) is 0 Å². The van der Waals surface area contributed by atoms with Crippen molar-refractivity contribution in [2.24, 2.45) is 0 Å². The van der Waals surface area contributed by atoms with Crippen LogP contribution < -0.4 is 4.90 Å². The van der Waals surface area contributed by atoms with Crippen LogP contribution in [0.15, 0.2) is 152 Å². The van der Waals surface area contributed by atoms with Crippen LogP contribution in [0, 0.1) is 0 Å². The molecular formula is C61H67N. The second-order valence-electron chi connectivity index (χ2n) is 22.5. The Hall–Kier alpha value is -5.66. The lowest BCUT2D eigenvalue weighted by molar-refractivity contribution is 0.569. The first-order valence-corrected chi connectivity index (χ1v) is 22.7. The summed E-state index contributed by atoms with van der Waals surface area (Å²) in [6, 6.07) is 57.8. The number of nitrogens with zero attached hydrogens (tertiary/aromatic N) is 1. The van der Waals surface area contributed by atoms with Crippen LogP contribution in [0.3, 0.4) is 0 Å². The maximum Gasteiger partial charge on any atom is 0.0498 e. The zero-order chi connectivity index (χ0) is 44.6. The maximum atomic E-state index is 2.49. The van der Waals surface area contributed by atoms with Gasteiger partial charge in [0.2, 0.25) is 0 Å². The Morgan fingerprint density at radius 3 is 1.40 bits per heavy atom. The number of hydrogen-bond donors (Lipinski definition) is 0. The van der Waals surface area contributed by atoms with Gasteiger partial charge in [0, 0.05) is 22.5 Å². The molecule has 0 saturated carbocycles. The summed E-state index contributed by atoms with van der Waals surface area (Å²) >= 11 is 0. The van der Waals surface area contributed by atoms with Crippen LogP contribution in [0.1, 0.15) is 130 Å². The minimum Gasteiger partial charge on any atom is -0.310 e. The third-order valence-corrected chi connectivity index (χ3v) is 13.2. The highest BCUT2D eigenvalue weighted by molar-refractivity contribution is 5.88. The summed E-state index contributed by atoms with van der Waals surface area (Å²) in [5.74, 6) is 0. The summed E-state index contributed by atoms with van der Waals surface area (Å²) in [5, 5.41) is 0. The molecule has 1 heteroatoms. The van der Waals surface area contributed by atoms with Crippen molar-refractivity contribution in [1.82, 2.24) is 0 Å². The molecular weight excluding hydrogens is 747 g/mol. The van der Waals surface area contributed by atoms with Crippen LogP contribution in [-0.4, -0.2) is 0 Å². The van der Waals surface area contributed by atoms with Crippen LogP contribution in [0.25, 0.3) is 44.5 Å². The fourth-order valence-electron chi connectivity index (χ4n) is 9.32. The Morgan fingerprint density at radius 2 is 0.790 bits per heavy atom. The monoisotopic (exact) mass is 814 g/mol. The predicted molar refractivity (Wildman–Crippen MR) is 270 cm³/mol. The van der Waals surface area contributed by atoms with Crippen molar-refractivity contribution in [3.05, 3.63) is 185 Å². The molecule has 0 atom stereocenters. The molecule has 7 aromatic rings. The molecule has 8 rings (SSSR count). The van der Waals surface area contributed by atoms with E-state index in [9.17, 15) is 0 Å². The average Bonchev–Trinajstić information content (AvgIpc) is 3.45. The van der Waals surface area contributed by atoms with Crippen molar-refractivity contribution in [1.29, 1.82) is 0 Å². The fourth-order valence-corrected chi connectivity index (χ4v) is 9.32. The first-order valence-electron chi connectivity index (χ1n) is 22.7. The van der Waals surface area contributed by atoms with Gasteiger partial charge < -0.3 is 4.90 Å². The number of benzene rings is 7. The number of anilines is 3. The molecule has 0 spiro atoms. The van der Waals surface area contributed by atoms with E-state index in [2.05, 4.69) is 253 Å². The van der Waals surface area contributed by atoms with Crippen LogP contribution in [-0.2, 0) is 27.1 Å². The van der Waals surface area contributed by atoms with E-state index in [1.807, 2.05) is 0 Å². The fraction of sp³-hybridized carbons (Fsp3) is 0.311. The van der Waals surface area contributed by atoms with E-state index in [0.29, 0.717) is 0 Å². The van der Waals surface area contributed by atoms with Gasteiger partial charge in [-0.05, 0) is 142 Å². The topological polar surface area (TPSA) is 3.24 Å². The number of fused-ring (bicyclic) bond motifs is 3. The largest absolute Gasteiger partial charge is 0.310 e. The lowest BCUT2D eigenvalue weighted by Gasteiger charge is -2.33. The van der Waals surface area contributed by atoms with E-state index >= 15 is 0 Å². The van der Waals surface area contributed by atoms with Crippen molar-refractivity contribution >= 4 is 17.1 Å². The van der Waals surface area contributed by atoms with Gasteiger partial charge >= 0.3 is 0 Å². The molecule has 0 radical (unpaired) electrons. The predicted octanol–water partition coefficient (Wildman–Crippen LogP) is 17.7. The van der Waals surface area contributed by atoms with Gasteiger partial charge in [-0.3, -0.25) is 0 Å². The maximum absolute atomic E-state index is 2.49. The van der Waals surface area contributed by atoms with E-state index < -0.39 is 0 Å². The summed E-state index contributed by atoms with van der Waals surface area (Å²) in [7, 11) is 0. The lowest BCUT2D eigenvalue weighted by atomic mass is 9.78. The number of rotatable bonds is 6. The standard InChI is InChI=1S/C61H67N/c1-57(2,3)46-33-43(32-44(34-46)45-35-47(58(4,5)6)38-48(36-45)59(7,8)9)41-22-19-21-40(31-41)42-23-20-24-49(37-42)62(56-28-18-17-27-54(56)60(10,11)12)50-29-30-52-51-25-15-16-26-53(51)61(13,14)55(52)39-50/h15-39H,1-14H3. The highest BCUT2D eigenvalue weighted by atomic mass is 15.1. The van der Waals surface area contributed by atoms with Gasteiger partial charge in [0.05, 0.1) is 0 Å². The van der Waals surface area contributed by atoms with Crippen molar-refractivity contribution < 1.29 is 0 Å². The van der Waals surface area contributed by atoms with Crippen molar-refractivity contribution in [2.45, 2.75) is 124 Å². The third-order valence-electron chi connectivity index (χ3n) is 13.2. The molecule has 1 aliphatic carbocycles. The van der Waals surface area contributed by atoms with Gasteiger partial charge in [0.25, 0.3) is 0 Å². The molecule has 0 aromatic heterocycles. The molecule has 1 nitrogen and oxygen atoms in total. The molecule has 7 aromatic carbocycles. The molecule has 1 aliphatic rings. The molecule has 0 amide bonds. The minimum atomic E-state index is -0.103. The first kappa shape index (κ1) is 43.0. The molecule has 316 valence electrons. The van der Waals surface area contributed by atoms with Gasteiger partial charge in [0.15, 0.2) is 0 Å². The molecule has 0 aliphatic heterocycles. The van der Waals surface area contributed by atoms with Crippen LogP contribution in [0.5, 0.6) is 0 Å². The smallest absolute Gasteiger partial charge is 0.0498 e. The van der Waals surface area contributed by atoms with Crippen molar-refractivity contribution in [3.8, 4) is 44.5 Å². The van der Waals surface area contributed by atoms with E-state index in [1.54, 1.807) is 0 Å². The highest BCUT2D eigenvalue weighted by Crippen LogP contribution is 2.51. The molecule has 0 heterocycles. The summed E-state index contributed by atoms with van der Waals surface area (Å²) in [5.41, 5.74) is 21.7. The SMILES string of the molecule is CC(C)(C)c1cc(-c2cccc(-c3cccc(N(c4ccc5c(c4)C(C)(C)c4ccccc4-5)c4ccccc4C(C)(C)C)c3)c2)cc(-c2cc(C(C)(C)C)cc(C(C)(C)C)c2)c1. The van der Waals surface area contributed by atoms with Crippen LogP contribution >= 0.6 is 0 Å². The van der Waals surface area contributed by atoms with Gasteiger partial charge in [-0.25, -0.2) is 0 Å². The number of hydrogen-bond acceptors (Lipinski definition) is 1. The van der Waals surface area contributed by atoms with Crippen LogP contribution in [0.4, 0.5) is 17.1 Å². The average molecular weight is 814 g/mol. The Balaban J connectivity index is 1.26. The molecule has 62 heavy (non-hydrogen) atoms. The summed E-state index contributed by atoms with van der Waals surface area (Å²) < 4.78 is 0. The third kappa shape index (κ3) is 8.20. The van der Waals surface area contributed by atoms with E-state index in [1.165, 1.54) is 89.3 Å². The van der Waals surface area contributed by atoms with Crippen molar-refractivity contribution in [2.75, 3.05) is 4.90 Å². The summed E-state index contributed by atoms with van der Waals surface area (Å²) in [6.45, 7) is 32.6. The lowest BCUT2D eigenvalue weighted by Crippen LogP contribution is -2.20. The summed E-state index contributed by atoms with van der Waals surface area (Å²) in [4.78, 5) is 2.49. The molecule has 0 N–H and O–H groups in total. The van der Waals surface area contributed by atoms with Crippen molar-refractivity contribution in [3.63, 3.8) is 0 Å². The van der Waals surface area contributed by atoms with E-state index in [-0.39, 0.29) is 27.1 Å². The second kappa shape index (κ2) is 15.3. The quantitative estimate of drug-likeness (QED) is 0.162. The molecule has 0 unspecified atom stereocenters. The van der Waals surface area contributed by atoms with E-state index in [4.69, 9.17) is 0 Å².